The molecule has 126 heavy (non-hydrogen) atoms. The maximum Gasteiger partial charge on any atom is 0.573 e. The number of aromatic nitrogens is 8. The fourth-order valence-electron chi connectivity index (χ4n) is 15.4. The zero-order valence-corrected chi connectivity index (χ0v) is 71.3. The number of piperidine rings is 1. The van der Waals surface area contributed by atoms with Gasteiger partial charge in [0.05, 0.1) is 91.0 Å². The summed E-state index contributed by atoms with van der Waals surface area (Å²) in [6.45, 7) is 9.75. The molecule has 9 aromatic carbocycles. The van der Waals surface area contributed by atoms with Crippen molar-refractivity contribution in [2.45, 2.75) is 110 Å². The van der Waals surface area contributed by atoms with Crippen molar-refractivity contribution in [1.29, 1.82) is 0 Å². The van der Waals surface area contributed by atoms with Gasteiger partial charge in [0.15, 0.2) is 0 Å². The standard InChI is InChI=1S/C23H20N2O3.C22H24F2N4O6S2.C21H19F3N4O4.C21H21FN4O4/c1-15-14-16(12-13-17(15)18-8-4-6-10-20(18)26-2)23-24-22(25-28-23)19-9-5-7-11-21(19)27-3;1-33-19-8-5-4-7-16(19)20-25-21(34-26-20)15-9-10-17(27-12-6-11-22(23,24)14-27)18(13-15)28(35(2,29)30)36(3,31)32;1-12-7-8-13(2)27(12)16-10-9-14(11-17(16)28(29)30)20-25-19(26-32-20)15-5-3-4-6-18(15)31-21(22,23)24;1-12-4-5-13(2)25(12)17-8-6-14(10-18(17)26(27)28)21-23-20(24-30-21)16-11-15(22)7-9-19(16)29-3/h4-14H,1-3H3;4-5,7-10,13H,6,11-12,14H2,1-3H3;3-6,9-13H,7-8H2,1-2H3;6-13H,4-5H2,1-3H3. The Morgan fingerprint density at radius 2 is 0.817 bits per heavy atom. The zero-order chi connectivity index (χ0) is 90.3. The van der Waals surface area contributed by atoms with E-state index in [-0.39, 0.29) is 122 Å². The number of ether oxygens (including phenoxy) is 5. The maximum absolute atomic E-state index is 14.2. The Hall–Kier alpha value is -14.0. The van der Waals surface area contributed by atoms with Crippen LogP contribution in [0.4, 0.5) is 60.5 Å². The molecule has 0 N–H and O–H groups in total. The Kier molecular flexibility index (Phi) is 26.8. The van der Waals surface area contributed by atoms with Crippen LogP contribution in [0.5, 0.6) is 28.7 Å². The average Bonchev–Trinajstić information content (AvgIpc) is 1.04. The van der Waals surface area contributed by atoms with E-state index in [2.05, 4.69) is 77.0 Å². The van der Waals surface area contributed by atoms with Crippen molar-refractivity contribution in [2.24, 2.45) is 0 Å². The molecule has 31 nitrogen and oxygen atoms in total. The van der Waals surface area contributed by atoms with E-state index in [0.717, 1.165) is 77.8 Å². The lowest BCUT2D eigenvalue weighted by molar-refractivity contribution is -0.384. The van der Waals surface area contributed by atoms with E-state index in [4.69, 9.17) is 37.0 Å². The summed E-state index contributed by atoms with van der Waals surface area (Å²) < 4.78 is 177. The number of rotatable bonds is 22. The monoisotopic (exact) mass is 1770 g/mol. The number of halogens is 6. The first-order valence-electron chi connectivity index (χ1n) is 39.2. The molecule has 16 rings (SSSR count). The van der Waals surface area contributed by atoms with Gasteiger partial charge in [-0.3, -0.25) is 20.2 Å². The van der Waals surface area contributed by atoms with Crippen molar-refractivity contribution >= 4 is 54.2 Å². The predicted molar refractivity (Wildman–Crippen MR) is 457 cm³/mol. The fourth-order valence-corrected chi connectivity index (χ4v) is 18.3. The van der Waals surface area contributed by atoms with Crippen molar-refractivity contribution in [3.8, 4) is 131 Å². The highest BCUT2D eigenvalue weighted by molar-refractivity contribution is 8.09. The molecule has 7 heterocycles. The largest absolute Gasteiger partial charge is 0.573 e. The van der Waals surface area contributed by atoms with Crippen molar-refractivity contribution in [3.05, 3.63) is 220 Å². The molecule has 13 aromatic rings. The smallest absolute Gasteiger partial charge is 0.496 e. The lowest BCUT2D eigenvalue weighted by Crippen LogP contribution is -2.44. The Morgan fingerprint density at radius 1 is 0.460 bits per heavy atom. The first kappa shape index (κ1) is 89.8. The lowest BCUT2D eigenvalue weighted by atomic mass is 9.97. The van der Waals surface area contributed by atoms with E-state index in [1.165, 1.54) is 85.8 Å². The van der Waals surface area contributed by atoms with Crippen LogP contribution < -0.4 is 42.1 Å². The molecule has 0 spiro atoms. The number of alkyl halides is 5. The Labute approximate surface area is 718 Å². The molecule has 4 aromatic heterocycles. The van der Waals surface area contributed by atoms with Crippen molar-refractivity contribution in [3.63, 3.8) is 0 Å². The van der Waals surface area contributed by atoms with E-state index >= 15 is 0 Å². The molecule has 0 bridgehead atoms. The topological polar surface area (TPSA) is 369 Å². The zero-order valence-electron chi connectivity index (χ0n) is 69.6. The summed E-state index contributed by atoms with van der Waals surface area (Å²) in [5, 5.41) is 39.3. The molecule has 0 saturated carbocycles. The number of nitro groups is 2. The molecule has 3 fully saturated rings. The van der Waals surface area contributed by atoms with Crippen LogP contribution in [0.1, 0.15) is 71.8 Å². The van der Waals surface area contributed by atoms with Gasteiger partial charge in [0.2, 0.25) is 43.3 Å². The molecule has 0 amide bonds. The molecule has 3 saturated heterocycles. The molecule has 3 aliphatic heterocycles. The van der Waals surface area contributed by atoms with Crippen LogP contribution in [0.3, 0.4) is 0 Å². The highest BCUT2D eigenvalue weighted by atomic mass is 32.3. The van der Waals surface area contributed by atoms with Crippen LogP contribution in [-0.2, 0) is 20.0 Å². The maximum atomic E-state index is 14.2. The van der Waals surface area contributed by atoms with Gasteiger partial charge in [0.25, 0.3) is 40.9 Å². The van der Waals surface area contributed by atoms with Gasteiger partial charge in [0, 0.05) is 77.1 Å². The van der Waals surface area contributed by atoms with E-state index in [0.29, 0.717) is 57.0 Å². The van der Waals surface area contributed by atoms with Gasteiger partial charge in [-0.1, -0.05) is 81.3 Å². The lowest BCUT2D eigenvalue weighted by Gasteiger charge is -2.36. The first-order valence-corrected chi connectivity index (χ1v) is 42.9. The molecule has 658 valence electrons. The van der Waals surface area contributed by atoms with Gasteiger partial charge in [-0.2, -0.15) is 23.6 Å². The number of anilines is 4. The number of nitro benzene ring substituents is 2. The quantitative estimate of drug-likeness (QED) is 0.0345. The number of aryl methyl sites for hydroxylation is 1. The summed E-state index contributed by atoms with van der Waals surface area (Å²) in [6.07, 6.45) is 0.251. The molecule has 0 radical (unpaired) electrons. The number of benzene rings is 9. The van der Waals surface area contributed by atoms with Crippen LogP contribution in [0.25, 0.3) is 102 Å². The number of methoxy groups -OCH3 is 4. The molecule has 0 aliphatic carbocycles. The normalized spacial score (nSPS) is 16.2. The summed E-state index contributed by atoms with van der Waals surface area (Å²) >= 11 is 0. The molecular formula is C87H84F6N14O17S2. The third kappa shape index (κ3) is 20.3. The van der Waals surface area contributed by atoms with Gasteiger partial charge < -0.3 is 56.5 Å². The number of hydrogen-bond acceptors (Lipinski definition) is 28. The summed E-state index contributed by atoms with van der Waals surface area (Å²) in [5.41, 5.74) is 7.32. The molecule has 4 atom stereocenters. The van der Waals surface area contributed by atoms with Crippen molar-refractivity contribution in [2.75, 3.05) is 72.5 Å². The van der Waals surface area contributed by atoms with E-state index in [9.17, 15) is 63.4 Å². The average molecular weight is 1780 g/mol. The third-order valence-corrected chi connectivity index (χ3v) is 24.3. The third-order valence-electron chi connectivity index (χ3n) is 21.1. The van der Waals surface area contributed by atoms with Crippen LogP contribution in [0.2, 0.25) is 0 Å². The Balaban J connectivity index is 0.000000144. The molecule has 4 unspecified atom stereocenters. The highest BCUT2D eigenvalue weighted by Crippen LogP contribution is 2.46. The van der Waals surface area contributed by atoms with Crippen molar-refractivity contribution in [1.82, 2.24) is 40.6 Å². The second-order valence-electron chi connectivity index (χ2n) is 29.8. The van der Waals surface area contributed by atoms with Gasteiger partial charge in [0.1, 0.15) is 45.9 Å². The number of hydrogen-bond donors (Lipinski definition) is 0. The Morgan fingerprint density at radius 3 is 1.21 bits per heavy atom. The summed E-state index contributed by atoms with van der Waals surface area (Å²) in [5.74, 6) is -0.351. The second kappa shape index (κ2) is 37.6. The Bertz CT molecular complexity index is 6320. The van der Waals surface area contributed by atoms with Crippen molar-refractivity contribution < 1.29 is 94.8 Å². The van der Waals surface area contributed by atoms with Gasteiger partial charge in [-0.15, -0.1) is 13.2 Å². The second-order valence-corrected chi connectivity index (χ2v) is 33.7. The highest BCUT2D eigenvalue weighted by Gasteiger charge is 2.41. The van der Waals surface area contributed by atoms with Gasteiger partial charge in [-0.05, 0) is 193 Å². The number of nitrogens with zero attached hydrogens (tertiary/aromatic N) is 14. The minimum absolute atomic E-state index is 0.0174. The van der Waals surface area contributed by atoms with Crippen LogP contribution >= 0.6 is 0 Å². The fraction of sp³-hybridized carbons (Fsp3) is 0.287. The van der Waals surface area contributed by atoms with E-state index < -0.39 is 60.3 Å². The molecule has 3 aliphatic rings. The first-order chi connectivity index (χ1) is 60.0. The van der Waals surface area contributed by atoms with Crippen LogP contribution in [-0.4, -0.2) is 158 Å². The molecule has 39 heteroatoms. The molecular weight excluding hydrogens is 1690 g/mol. The van der Waals surface area contributed by atoms with E-state index in [1.54, 1.807) is 62.8 Å². The van der Waals surface area contributed by atoms with Gasteiger partial charge in [-0.25, -0.2) is 30.0 Å². The summed E-state index contributed by atoms with van der Waals surface area (Å²) in [4.78, 5) is 45.4. The SMILES string of the molecule is CC1CCC(C)N1c1ccc(-c2nc(-c3ccccc3OC(F)(F)F)no2)cc1[N+](=O)[O-].COc1ccc(F)cc1-c1noc(-c2ccc(N3C(C)CCC3C)c([N+](=O)[O-])c2)n1.COc1ccccc1-c1noc(-c2ccc(-c3ccccc3OC)c(C)c2)n1.COc1ccccc1-c1noc(-c2ccc(N3CCCC(F)(F)C3)c(N(S(C)(=O)=O)S(C)(=O)=O)c2)n1. The number of para-hydroxylation sites is 4. The van der Waals surface area contributed by atoms with Crippen LogP contribution in [0.15, 0.2) is 206 Å². The van der Waals surface area contributed by atoms with E-state index in [1.807, 2.05) is 79.4 Å². The predicted octanol–water partition coefficient (Wildman–Crippen LogP) is 19.2. The number of sulfonamides is 2. The minimum atomic E-state index is -4.89. The minimum Gasteiger partial charge on any atom is -0.496 e. The van der Waals surface area contributed by atoms with Crippen LogP contribution in [0, 0.1) is 33.0 Å². The summed E-state index contributed by atoms with van der Waals surface area (Å²) in [6, 6.07) is 52.3. The summed E-state index contributed by atoms with van der Waals surface area (Å²) in [7, 11) is -2.48. The van der Waals surface area contributed by atoms with Gasteiger partial charge >= 0.3 is 6.36 Å².